The van der Waals surface area contributed by atoms with Gasteiger partial charge in [-0.05, 0) is 63.0 Å². The molecule has 1 fully saturated rings. The first-order valence-corrected chi connectivity index (χ1v) is 11.5. The third kappa shape index (κ3) is 7.06. The zero-order chi connectivity index (χ0) is 19.4. The molecule has 1 atom stereocenters. The number of hydrogen-bond acceptors (Lipinski definition) is 4. The van der Waals surface area contributed by atoms with E-state index < -0.39 is 0 Å². The van der Waals surface area contributed by atoms with Crippen LogP contribution in [0.25, 0.3) is 0 Å². The van der Waals surface area contributed by atoms with Gasteiger partial charge in [-0.15, -0.1) is 11.8 Å². The van der Waals surface area contributed by atoms with Crippen LogP contribution in [0, 0.1) is 0 Å². The Hall–Kier alpha value is -1.65. The van der Waals surface area contributed by atoms with Crippen molar-refractivity contribution >= 4 is 11.8 Å². The van der Waals surface area contributed by atoms with Crippen LogP contribution in [0.3, 0.4) is 0 Å². The zero-order valence-electron chi connectivity index (χ0n) is 17.0. The van der Waals surface area contributed by atoms with Crippen LogP contribution in [0.4, 0.5) is 0 Å². The molecule has 0 aliphatic carbocycles. The van der Waals surface area contributed by atoms with Crippen molar-refractivity contribution in [2.45, 2.75) is 49.2 Å². The maximum atomic E-state index is 5.67. The van der Waals surface area contributed by atoms with E-state index in [1.807, 2.05) is 54.2 Å². The van der Waals surface area contributed by atoms with Gasteiger partial charge in [0.2, 0.25) is 0 Å². The molecule has 2 heterocycles. The Balaban J connectivity index is 0.000000167. The second-order valence-electron chi connectivity index (χ2n) is 7.32. The van der Waals surface area contributed by atoms with Crippen molar-refractivity contribution in [2.75, 3.05) is 32.8 Å². The standard InChI is InChI=1S/C14H21NO.C10H12OS/c1-3-8-14(9-4-1)16-13-7-12-15-10-5-2-6-11-15;1-2-8-7-11-9-5-3-4-6-10(9)12-8/h1,3-4,8-9H,2,5-7,10-13H2;3-6,8H,2,7H2,1H3. The van der Waals surface area contributed by atoms with Gasteiger partial charge in [0.05, 0.1) is 6.61 Å². The molecule has 2 aliphatic rings. The molecule has 28 heavy (non-hydrogen) atoms. The van der Waals surface area contributed by atoms with E-state index in [0.717, 1.165) is 31.1 Å². The second kappa shape index (κ2) is 12.0. The molecule has 4 heteroatoms. The van der Waals surface area contributed by atoms with E-state index in [4.69, 9.17) is 9.47 Å². The van der Waals surface area contributed by atoms with Crippen molar-refractivity contribution < 1.29 is 9.47 Å². The average molecular weight is 400 g/mol. The number of likely N-dealkylation sites (tertiary alicyclic amines) is 1. The van der Waals surface area contributed by atoms with Gasteiger partial charge in [0.25, 0.3) is 0 Å². The number of thioether (sulfide) groups is 1. The Bertz CT molecular complexity index is 673. The zero-order valence-corrected chi connectivity index (χ0v) is 17.8. The Morgan fingerprint density at radius 1 is 1.00 bits per heavy atom. The molecule has 0 spiro atoms. The predicted molar refractivity (Wildman–Crippen MR) is 119 cm³/mol. The van der Waals surface area contributed by atoms with Gasteiger partial charge in [-0.3, -0.25) is 0 Å². The molecule has 1 unspecified atom stereocenters. The molecule has 1 saturated heterocycles. The van der Waals surface area contributed by atoms with Crippen LogP contribution in [0.5, 0.6) is 11.5 Å². The van der Waals surface area contributed by atoms with Crippen molar-refractivity contribution in [1.82, 2.24) is 4.90 Å². The normalized spacial score (nSPS) is 19.0. The predicted octanol–water partition coefficient (Wildman–Crippen LogP) is 5.89. The second-order valence-corrected chi connectivity index (χ2v) is 8.67. The fourth-order valence-corrected chi connectivity index (χ4v) is 4.50. The van der Waals surface area contributed by atoms with Crippen LogP contribution >= 0.6 is 11.8 Å². The molecule has 0 saturated carbocycles. The van der Waals surface area contributed by atoms with Crippen LogP contribution in [-0.2, 0) is 0 Å². The fourth-order valence-electron chi connectivity index (χ4n) is 3.44. The van der Waals surface area contributed by atoms with E-state index in [2.05, 4.69) is 24.0 Å². The minimum Gasteiger partial charge on any atom is -0.494 e. The molecule has 2 aromatic carbocycles. The first-order valence-electron chi connectivity index (χ1n) is 10.6. The summed E-state index contributed by atoms with van der Waals surface area (Å²) in [5, 5.41) is 0.639. The minimum atomic E-state index is 0.639. The highest BCUT2D eigenvalue weighted by Gasteiger charge is 2.17. The number of fused-ring (bicyclic) bond motifs is 1. The quantitative estimate of drug-likeness (QED) is 0.565. The number of benzene rings is 2. The third-order valence-electron chi connectivity index (χ3n) is 5.10. The van der Waals surface area contributed by atoms with E-state index in [0.29, 0.717) is 5.25 Å². The number of hydrogen-bond donors (Lipinski definition) is 0. The van der Waals surface area contributed by atoms with Gasteiger partial charge >= 0.3 is 0 Å². The number of rotatable bonds is 6. The molecule has 0 bridgehead atoms. The van der Waals surface area contributed by atoms with E-state index >= 15 is 0 Å². The summed E-state index contributed by atoms with van der Waals surface area (Å²) in [6, 6.07) is 18.3. The monoisotopic (exact) mass is 399 g/mol. The molecular weight excluding hydrogens is 366 g/mol. The number of para-hydroxylation sites is 2. The molecule has 0 radical (unpaired) electrons. The van der Waals surface area contributed by atoms with Crippen LogP contribution < -0.4 is 9.47 Å². The lowest BCUT2D eigenvalue weighted by Crippen LogP contribution is -2.31. The molecule has 0 N–H and O–H groups in total. The highest BCUT2D eigenvalue weighted by Crippen LogP contribution is 2.37. The summed E-state index contributed by atoms with van der Waals surface area (Å²) in [5.74, 6) is 2.04. The number of ether oxygens (including phenoxy) is 2. The number of nitrogens with zero attached hydrogens (tertiary/aromatic N) is 1. The van der Waals surface area contributed by atoms with Crippen molar-refractivity contribution in [3.8, 4) is 11.5 Å². The largest absolute Gasteiger partial charge is 0.494 e. The van der Waals surface area contributed by atoms with Crippen molar-refractivity contribution in [1.29, 1.82) is 0 Å². The summed E-state index contributed by atoms with van der Waals surface area (Å²) in [6.45, 7) is 7.65. The van der Waals surface area contributed by atoms with Gasteiger partial charge in [0.15, 0.2) is 0 Å². The van der Waals surface area contributed by atoms with Gasteiger partial charge in [-0.1, -0.05) is 43.7 Å². The minimum absolute atomic E-state index is 0.639. The van der Waals surface area contributed by atoms with Gasteiger partial charge in [0, 0.05) is 16.7 Å². The maximum Gasteiger partial charge on any atom is 0.132 e. The first-order chi connectivity index (χ1) is 13.8. The van der Waals surface area contributed by atoms with E-state index in [1.165, 1.54) is 50.2 Å². The van der Waals surface area contributed by atoms with Crippen LogP contribution in [0.2, 0.25) is 0 Å². The molecule has 3 nitrogen and oxygen atoms in total. The summed E-state index contributed by atoms with van der Waals surface area (Å²) in [4.78, 5) is 3.84. The van der Waals surface area contributed by atoms with E-state index in [-0.39, 0.29) is 0 Å². The van der Waals surface area contributed by atoms with Gasteiger partial charge in [-0.2, -0.15) is 0 Å². The Labute approximate surface area is 174 Å². The molecule has 4 rings (SSSR count). The third-order valence-corrected chi connectivity index (χ3v) is 6.50. The molecular formula is C24H33NO2S. The van der Waals surface area contributed by atoms with Crippen LogP contribution in [-0.4, -0.2) is 43.0 Å². The van der Waals surface area contributed by atoms with Crippen molar-refractivity contribution in [3.05, 3.63) is 54.6 Å². The summed E-state index contributed by atoms with van der Waals surface area (Å²) in [7, 11) is 0. The highest BCUT2D eigenvalue weighted by atomic mass is 32.2. The van der Waals surface area contributed by atoms with E-state index in [1.54, 1.807) is 0 Å². The lowest BCUT2D eigenvalue weighted by Gasteiger charge is -2.26. The van der Waals surface area contributed by atoms with Gasteiger partial charge in [-0.25, -0.2) is 0 Å². The maximum absolute atomic E-state index is 5.67. The van der Waals surface area contributed by atoms with Gasteiger partial charge < -0.3 is 14.4 Å². The summed E-state index contributed by atoms with van der Waals surface area (Å²) < 4.78 is 11.3. The summed E-state index contributed by atoms with van der Waals surface area (Å²) >= 11 is 1.93. The Morgan fingerprint density at radius 2 is 1.75 bits per heavy atom. The molecule has 0 amide bonds. The fraction of sp³-hybridized carbons (Fsp3) is 0.500. The summed E-state index contributed by atoms with van der Waals surface area (Å²) in [5.41, 5.74) is 0. The van der Waals surface area contributed by atoms with E-state index in [9.17, 15) is 0 Å². The molecule has 0 aromatic heterocycles. The van der Waals surface area contributed by atoms with Gasteiger partial charge in [0.1, 0.15) is 18.1 Å². The SMILES string of the molecule is CCC1COc2ccccc2S1.c1ccc(OCCCN2CCCCC2)cc1. The topological polar surface area (TPSA) is 21.7 Å². The highest BCUT2D eigenvalue weighted by molar-refractivity contribution is 8.00. The number of piperidine rings is 1. The van der Waals surface area contributed by atoms with Crippen LogP contribution in [0.15, 0.2) is 59.5 Å². The lowest BCUT2D eigenvalue weighted by molar-refractivity contribution is 0.205. The van der Waals surface area contributed by atoms with Crippen molar-refractivity contribution in [3.63, 3.8) is 0 Å². The van der Waals surface area contributed by atoms with Crippen LogP contribution in [0.1, 0.15) is 39.0 Å². The lowest BCUT2D eigenvalue weighted by atomic mass is 10.1. The Kier molecular flexibility index (Phi) is 9.05. The average Bonchev–Trinajstić information content (AvgIpc) is 2.78. The molecule has 152 valence electrons. The Morgan fingerprint density at radius 3 is 2.54 bits per heavy atom. The van der Waals surface area contributed by atoms with Crippen molar-refractivity contribution in [2.24, 2.45) is 0 Å². The molecule has 2 aromatic rings. The smallest absolute Gasteiger partial charge is 0.132 e. The molecule has 2 aliphatic heterocycles. The first kappa shape index (κ1) is 21.1. The summed E-state index contributed by atoms with van der Waals surface area (Å²) in [6.07, 6.45) is 6.48.